The van der Waals surface area contributed by atoms with Crippen molar-refractivity contribution in [3.8, 4) is 0 Å². The number of nitrogens with zero attached hydrogens (tertiary/aromatic N) is 1. The second kappa shape index (κ2) is 6.06. The van der Waals surface area contributed by atoms with Gasteiger partial charge in [0.15, 0.2) is 10.9 Å². The Hall–Kier alpha value is -1.27. The summed E-state index contributed by atoms with van der Waals surface area (Å²) in [5, 5.41) is 8.16. The third-order valence-corrected chi connectivity index (χ3v) is 3.73. The number of nitrogens with one attached hydrogen (secondary N) is 2. The third kappa shape index (κ3) is 3.36. The van der Waals surface area contributed by atoms with Crippen molar-refractivity contribution < 1.29 is 9.59 Å². The molecule has 2 heterocycles. The van der Waals surface area contributed by atoms with Crippen LogP contribution in [0, 0.1) is 0 Å². The van der Waals surface area contributed by atoms with Gasteiger partial charge in [-0.15, -0.1) is 11.3 Å². The van der Waals surface area contributed by atoms with Gasteiger partial charge in [0.2, 0.25) is 5.91 Å². The van der Waals surface area contributed by atoms with Crippen molar-refractivity contribution >= 4 is 28.2 Å². The van der Waals surface area contributed by atoms with Crippen molar-refractivity contribution in [2.75, 3.05) is 11.9 Å². The fourth-order valence-electron chi connectivity index (χ4n) is 1.94. The number of amides is 1. The molecule has 98 valence electrons. The molecule has 5 nitrogen and oxygen atoms in total. The molecule has 1 aromatic rings. The summed E-state index contributed by atoms with van der Waals surface area (Å²) in [6.45, 7) is 2.35. The molecule has 0 spiro atoms. The van der Waals surface area contributed by atoms with Crippen LogP contribution < -0.4 is 10.6 Å². The first-order chi connectivity index (χ1) is 8.66. The number of ketones is 1. The van der Waals surface area contributed by atoms with Gasteiger partial charge in [-0.05, 0) is 19.4 Å². The van der Waals surface area contributed by atoms with E-state index in [1.165, 1.54) is 24.7 Å². The molecule has 1 saturated heterocycles. The molecule has 1 amide bonds. The van der Waals surface area contributed by atoms with E-state index in [-0.39, 0.29) is 17.7 Å². The summed E-state index contributed by atoms with van der Waals surface area (Å²) < 4.78 is 0. The molecule has 1 aliphatic heterocycles. The Labute approximate surface area is 110 Å². The Morgan fingerprint density at radius 1 is 1.44 bits per heavy atom. The molecule has 6 heteroatoms. The Morgan fingerprint density at radius 2 is 2.28 bits per heavy atom. The molecule has 0 aromatic carbocycles. The number of rotatable bonds is 3. The summed E-state index contributed by atoms with van der Waals surface area (Å²) in [5.41, 5.74) is 0.407. The normalized spacial score (nSPS) is 20.2. The van der Waals surface area contributed by atoms with Crippen molar-refractivity contribution in [2.24, 2.45) is 0 Å². The molecule has 0 aliphatic carbocycles. The summed E-state index contributed by atoms with van der Waals surface area (Å²) in [7, 11) is 0. The SMILES string of the molecule is CC(=O)c1csc(NC(=O)C2CCCCCN2)n1. The Morgan fingerprint density at radius 3 is 3.00 bits per heavy atom. The van der Waals surface area contributed by atoms with Crippen LogP contribution >= 0.6 is 11.3 Å². The van der Waals surface area contributed by atoms with E-state index >= 15 is 0 Å². The summed E-state index contributed by atoms with van der Waals surface area (Å²) in [6.07, 6.45) is 4.22. The highest BCUT2D eigenvalue weighted by atomic mass is 32.1. The number of Topliss-reactive ketones (excluding diaryl/α,β-unsaturated/α-hetero) is 1. The first-order valence-electron chi connectivity index (χ1n) is 6.17. The Balaban J connectivity index is 1.94. The minimum Gasteiger partial charge on any atom is -0.306 e. The number of aromatic nitrogens is 1. The molecular formula is C12H17N3O2S. The number of carbonyl (C=O) groups is 2. The summed E-state index contributed by atoms with van der Waals surface area (Å²) in [5.74, 6) is -0.138. The lowest BCUT2D eigenvalue weighted by Crippen LogP contribution is -2.39. The van der Waals surface area contributed by atoms with Gasteiger partial charge in [0.1, 0.15) is 5.69 Å². The number of hydrogen-bond acceptors (Lipinski definition) is 5. The Kier molecular flexibility index (Phi) is 4.43. The van der Waals surface area contributed by atoms with E-state index in [2.05, 4.69) is 15.6 Å². The fraction of sp³-hybridized carbons (Fsp3) is 0.583. The zero-order valence-corrected chi connectivity index (χ0v) is 11.2. The van der Waals surface area contributed by atoms with Crippen LogP contribution in [0.3, 0.4) is 0 Å². The minimum absolute atomic E-state index is 0.0543. The van der Waals surface area contributed by atoms with Gasteiger partial charge in [-0.25, -0.2) is 4.98 Å². The van der Waals surface area contributed by atoms with E-state index in [4.69, 9.17) is 0 Å². The summed E-state index contributed by atoms with van der Waals surface area (Å²) in [6, 6.07) is -0.142. The topological polar surface area (TPSA) is 71.1 Å². The predicted molar refractivity (Wildman–Crippen MR) is 71.0 cm³/mol. The van der Waals surface area contributed by atoms with E-state index in [0.29, 0.717) is 10.8 Å². The van der Waals surface area contributed by atoms with Crippen molar-refractivity contribution in [2.45, 2.75) is 38.6 Å². The average Bonchev–Trinajstić information content (AvgIpc) is 2.64. The lowest BCUT2D eigenvalue weighted by molar-refractivity contribution is -0.118. The van der Waals surface area contributed by atoms with Crippen molar-refractivity contribution in [3.63, 3.8) is 0 Å². The molecule has 2 N–H and O–H groups in total. The molecule has 1 atom stereocenters. The number of carbonyl (C=O) groups excluding carboxylic acids is 2. The predicted octanol–water partition coefficient (Wildman–Crippen LogP) is 1.82. The minimum atomic E-state index is -0.142. The highest BCUT2D eigenvalue weighted by Crippen LogP contribution is 2.17. The molecule has 1 aromatic heterocycles. The van der Waals surface area contributed by atoms with Gasteiger partial charge in [0, 0.05) is 12.3 Å². The molecule has 0 bridgehead atoms. The fourth-order valence-corrected chi connectivity index (χ4v) is 2.69. The van der Waals surface area contributed by atoms with Crippen molar-refractivity contribution in [1.82, 2.24) is 10.3 Å². The first kappa shape index (κ1) is 13.2. The van der Waals surface area contributed by atoms with Crippen LogP contribution in [0.4, 0.5) is 5.13 Å². The molecular weight excluding hydrogens is 250 g/mol. The maximum Gasteiger partial charge on any atom is 0.243 e. The van der Waals surface area contributed by atoms with E-state index in [1.807, 2.05) is 0 Å². The summed E-state index contributed by atoms with van der Waals surface area (Å²) >= 11 is 1.28. The lowest BCUT2D eigenvalue weighted by atomic mass is 10.1. The Bertz CT molecular complexity index is 436. The lowest BCUT2D eigenvalue weighted by Gasteiger charge is -2.13. The molecule has 18 heavy (non-hydrogen) atoms. The monoisotopic (exact) mass is 267 g/mol. The van der Waals surface area contributed by atoms with Gasteiger partial charge in [0.05, 0.1) is 6.04 Å². The standard InChI is InChI=1S/C12H17N3O2S/c1-8(16)10-7-18-12(14-10)15-11(17)9-5-3-2-4-6-13-9/h7,9,13H,2-6H2,1H3,(H,14,15,17). The second-order valence-electron chi connectivity index (χ2n) is 4.44. The molecule has 1 fully saturated rings. The molecule has 0 radical (unpaired) electrons. The van der Waals surface area contributed by atoms with Crippen LogP contribution in [-0.4, -0.2) is 29.3 Å². The van der Waals surface area contributed by atoms with Gasteiger partial charge in [0.25, 0.3) is 0 Å². The first-order valence-corrected chi connectivity index (χ1v) is 7.05. The highest BCUT2D eigenvalue weighted by molar-refractivity contribution is 7.14. The van der Waals surface area contributed by atoms with Crippen LogP contribution in [-0.2, 0) is 4.79 Å². The van der Waals surface area contributed by atoms with E-state index in [0.717, 1.165) is 25.8 Å². The van der Waals surface area contributed by atoms with Crippen LogP contribution in [0.5, 0.6) is 0 Å². The maximum absolute atomic E-state index is 12.0. The molecule has 1 aliphatic rings. The zero-order valence-electron chi connectivity index (χ0n) is 10.4. The molecule has 2 rings (SSSR count). The van der Waals surface area contributed by atoms with Crippen LogP contribution in [0.1, 0.15) is 43.1 Å². The van der Waals surface area contributed by atoms with Gasteiger partial charge < -0.3 is 10.6 Å². The number of thiazole rings is 1. The largest absolute Gasteiger partial charge is 0.306 e. The zero-order chi connectivity index (χ0) is 13.0. The third-order valence-electron chi connectivity index (χ3n) is 2.97. The van der Waals surface area contributed by atoms with Crippen LogP contribution in [0.15, 0.2) is 5.38 Å². The maximum atomic E-state index is 12.0. The van der Waals surface area contributed by atoms with E-state index < -0.39 is 0 Å². The van der Waals surface area contributed by atoms with Crippen molar-refractivity contribution in [3.05, 3.63) is 11.1 Å². The number of anilines is 1. The van der Waals surface area contributed by atoms with Gasteiger partial charge in [-0.2, -0.15) is 0 Å². The second-order valence-corrected chi connectivity index (χ2v) is 5.30. The van der Waals surface area contributed by atoms with Gasteiger partial charge in [-0.3, -0.25) is 9.59 Å². The van der Waals surface area contributed by atoms with Crippen LogP contribution in [0.25, 0.3) is 0 Å². The average molecular weight is 267 g/mol. The summed E-state index contributed by atoms with van der Waals surface area (Å²) in [4.78, 5) is 27.2. The van der Waals surface area contributed by atoms with Gasteiger partial charge >= 0.3 is 0 Å². The highest BCUT2D eigenvalue weighted by Gasteiger charge is 2.20. The van der Waals surface area contributed by atoms with E-state index in [9.17, 15) is 9.59 Å². The van der Waals surface area contributed by atoms with E-state index in [1.54, 1.807) is 5.38 Å². The quantitative estimate of drug-likeness (QED) is 0.819. The molecule has 0 saturated carbocycles. The van der Waals surface area contributed by atoms with Crippen molar-refractivity contribution in [1.29, 1.82) is 0 Å². The molecule has 1 unspecified atom stereocenters. The number of hydrogen-bond donors (Lipinski definition) is 2. The van der Waals surface area contributed by atoms with Gasteiger partial charge in [-0.1, -0.05) is 12.8 Å². The smallest absolute Gasteiger partial charge is 0.243 e. The van der Waals surface area contributed by atoms with Crippen LogP contribution in [0.2, 0.25) is 0 Å².